The second kappa shape index (κ2) is 8.45. The van der Waals surface area contributed by atoms with Crippen LogP contribution in [-0.2, 0) is 9.53 Å². The maximum absolute atomic E-state index is 12.7. The number of carbonyl (C=O) groups is 2. The number of hydrogen-bond donors (Lipinski definition) is 0. The van der Waals surface area contributed by atoms with Crippen LogP contribution in [0.5, 0.6) is 5.75 Å². The van der Waals surface area contributed by atoms with E-state index in [1.165, 1.54) is 0 Å². The molecule has 0 amide bonds. The normalized spacial score (nSPS) is 10.1. The van der Waals surface area contributed by atoms with Crippen LogP contribution in [0.25, 0.3) is 0 Å². The fourth-order valence-corrected chi connectivity index (χ4v) is 2.31. The van der Waals surface area contributed by atoms with E-state index in [1.807, 2.05) is 25.1 Å². The molecule has 0 fully saturated rings. The molecular weight excluding hydrogens is 372 g/mol. The second-order valence-electron chi connectivity index (χ2n) is 5.06. The zero-order chi connectivity index (χ0) is 17.5. The first-order valence-electron chi connectivity index (χ1n) is 7.34. The third-order valence-electron chi connectivity index (χ3n) is 3.24. The molecule has 0 aliphatic rings. The first-order chi connectivity index (χ1) is 11.5. The van der Waals surface area contributed by atoms with Gasteiger partial charge in [-0.3, -0.25) is 4.79 Å². The van der Waals surface area contributed by atoms with Gasteiger partial charge in [-0.15, -0.1) is 0 Å². The first-order valence-corrected chi connectivity index (χ1v) is 8.13. The maximum Gasteiger partial charge on any atom is 0.330 e. The summed E-state index contributed by atoms with van der Waals surface area (Å²) in [7, 11) is 0. The lowest BCUT2D eigenvalue weighted by molar-refractivity contribution is -0.138. The van der Waals surface area contributed by atoms with Crippen molar-refractivity contribution in [2.45, 2.75) is 6.92 Å². The Morgan fingerprint density at radius 2 is 1.83 bits per heavy atom. The summed E-state index contributed by atoms with van der Waals surface area (Å²) < 4.78 is 11.4. The van der Waals surface area contributed by atoms with Crippen LogP contribution >= 0.6 is 15.9 Å². The highest BCUT2D eigenvalue weighted by atomic mass is 79.9. The van der Waals surface area contributed by atoms with Gasteiger partial charge in [0.05, 0.1) is 5.56 Å². The molecule has 0 spiro atoms. The molecular formula is C19H17BrO4. The Morgan fingerprint density at radius 1 is 1.12 bits per heavy atom. The fraction of sp³-hybridized carbons (Fsp3) is 0.158. The molecule has 0 heterocycles. The number of rotatable bonds is 7. The molecule has 24 heavy (non-hydrogen) atoms. The highest BCUT2D eigenvalue weighted by Crippen LogP contribution is 2.24. The van der Waals surface area contributed by atoms with Crippen molar-refractivity contribution < 1.29 is 19.1 Å². The molecule has 4 nitrogen and oxygen atoms in total. The van der Waals surface area contributed by atoms with Crippen molar-refractivity contribution in [3.05, 3.63) is 76.3 Å². The number of ether oxygens (including phenoxy) is 2. The lowest BCUT2D eigenvalue weighted by Gasteiger charge is -2.12. The third kappa shape index (κ3) is 4.80. The van der Waals surface area contributed by atoms with Crippen LogP contribution < -0.4 is 4.74 Å². The Hall–Kier alpha value is -2.40. The Kier molecular flexibility index (Phi) is 6.32. The predicted octanol–water partition coefficient (Wildman–Crippen LogP) is 4.10. The van der Waals surface area contributed by atoms with Crippen LogP contribution in [0, 0.1) is 6.92 Å². The quantitative estimate of drug-likeness (QED) is 0.310. The van der Waals surface area contributed by atoms with Gasteiger partial charge < -0.3 is 9.47 Å². The molecule has 5 heteroatoms. The summed E-state index contributed by atoms with van der Waals surface area (Å²) in [4.78, 5) is 23.7. The molecule has 0 unspecified atom stereocenters. The number of carbonyl (C=O) groups excluding carboxylic acids is 2. The van der Waals surface area contributed by atoms with Crippen LogP contribution in [0.1, 0.15) is 21.5 Å². The van der Waals surface area contributed by atoms with E-state index in [4.69, 9.17) is 9.47 Å². The summed E-state index contributed by atoms with van der Waals surface area (Å²) >= 11 is 3.35. The van der Waals surface area contributed by atoms with Gasteiger partial charge in [0.2, 0.25) is 0 Å². The Bertz CT molecular complexity index is 750. The van der Waals surface area contributed by atoms with Crippen molar-refractivity contribution >= 4 is 27.7 Å². The van der Waals surface area contributed by atoms with E-state index in [2.05, 4.69) is 22.5 Å². The number of halogens is 1. The average Bonchev–Trinajstić information content (AvgIpc) is 2.58. The fourth-order valence-electron chi connectivity index (χ4n) is 2.05. The monoisotopic (exact) mass is 388 g/mol. The summed E-state index contributed by atoms with van der Waals surface area (Å²) in [6, 6.07) is 12.5. The Balaban J connectivity index is 2.14. The lowest BCUT2D eigenvalue weighted by atomic mass is 10.0. The molecule has 0 aliphatic carbocycles. The highest BCUT2D eigenvalue weighted by molar-refractivity contribution is 9.10. The molecule has 0 radical (unpaired) electrons. The molecule has 0 atom stereocenters. The number of esters is 1. The summed E-state index contributed by atoms with van der Waals surface area (Å²) in [5.41, 5.74) is 2.02. The van der Waals surface area contributed by atoms with Gasteiger partial charge in [0, 0.05) is 16.1 Å². The Labute approximate surface area is 149 Å². The van der Waals surface area contributed by atoms with Gasteiger partial charge in [0.1, 0.15) is 19.0 Å². The Morgan fingerprint density at radius 3 is 2.50 bits per heavy atom. The maximum atomic E-state index is 12.7. The van der Waals surface area contributed by atoms with Crippen LogP contribution in [0.4, 0.5) is 0 Å². The van der Waals surface area contributed by atoms with Gasteiger partial charge in [0.15, 0.2) is 5.78 Å². The van der Waals surface area contributed by atoms with Crippen LogP contribution in [0.3, 0.4) is 0 Å². The van der Waals surface area contributed by atoms with Crippen molar-refractivity contribution in [1.82, 2.24) is 0 Å². The number of hydrogen-bond acceptors (Lipinski definition) is 4. The molecule has 2 aromatic carbocycles. The van der Waals surface area contributed by atoms with Crippen LogP contribution in [0.15, 0.2) is 59.6 Å². The summed E-state index contributed by atoms with van der Waals surface area (Å²) in [6.07, 6.45) is 1.09. The molecule has 0 bridgehead atoms. The first kappa shape index (κ1) is 17.9. The summed E-state index contributed by atoms with van der Waals surface area (Å²) in [5.74, 6) is -0.160. The van der Waals surface area contributed by atoms with Gasteiger partial charge in [0.25, 0.3) is 0 Å². The third-order valence-corrected chi connectivity index (χ3v) is 3.77. The molecule has 2 rings (SSSR count). The minimum atomic E-state index is -0.506. The van der Waals surface area contributed by atoms with E-state index < -0.39 is 5.97 Å². The molecule has 2 aromatic rings. The zero-order valence-corrected chi connectivity index (χ0v) is 14.8. The van der Waals surface area contributed by atoms with Gasteiger partial charge in [-0.25, -0.2) is 4.79 Å². The van der Waals surface area contributed by atoms with E-state index in [1.54, 1.807) is 24.3 Å². The van der Waals surface area contributed by atoms with Crippen LogP contribution in [0.2, 0.25) is 0 Å². The van der Waals surface area contributed by atoms with Crippen molar-refractivity contribution in [3.8, 4) is 5.75 Å². The van der Waals surface area contributed by atoms with E-state index in [0.717, 1.165) is 16.1 Å². The molecule has 0 aliphatic heterocycles. The van der Waals surface area contributed by atoms with Gasteiger partial charge in [-0.1, -0.05) is 28.6 Å². The standard InChI is InChI=1S/C19H17BrO4/c1-3-18(21)24-11-10-23-17-12-13(2)4-9-16(17)19(22)14-5-7-15(20)8-6-14/h3-9,12H,1,10-11H2,2H3. The summed E-state index contributed by atoms with van der Waals surface area (Å²) in [6.45, 7) is 5.48. The number of aryl methyl sites for hydroxylation is 1. The van der Waals surface area contributed by atoms with Crippen molar-refractivity contribution in [3.63, 3.8) is 0 Å². The molecule has 0 saturated heterocycles. The molecule has 0 N–H and O–H groups in total. The average molecular weight is 389 g/mol. The van der Waals surface area contributed by atoms with E-state index in [0.29, 0.717) is 16.9 Å². The van der Waals surface area contributed by atoms with Crippen molar-refractivity contribution in [1.29, 1.82) is 0 Å². The highest BCUT2D eigenvalue weighted by Gasteiger charge is 2.15. The minimum absolute atomic E-state index is 0.0880. The smallest absolute Gasteiger partial charge is 0.330 e. The SMILES string of the molecule is C=CC(=O)OCCOc1cc(C)ccc1C(=O)c1ccc(Br)cc1. The zero-order valence-electron chi connectivity index (χ0n) is 13.3. The van der Waals surface area contributed by atoms with E-state index >= 15 is 0 Å². The van der Waals surface area contributed by atoms with Crippen molar-refractivity contribution in [2.75, 3.05) is 13.2 Å². The number of benzene rings is 2. The predicted molar refractivity (Wildman–Crippen MR) is 95.4 cm³/mol. The van der Waals surface area contributed by atoms with E-state index in [-0.39, 0.29) is 19.0 Å². The van der Waals surface area contributed by atoms with Crippen LogP contribution in [-0.4, -0.2) is 25.0 Å². The largest absolute Gasteiger partial charge is 0.489 e. The van der Waals surface area contributed by atoms with E-state index in [9.17, 15) is 9.59 Å². The van der Waals surface area contributed by atoms with Gasteiger partial charge >= 0.3 is 5.97 Å². The molecule has 0 saturated carbocycles. The van der Waals surface area contributed by atoms with Gasteiger partial charge in [-0.2, -0.15) is 0 Å². The topological polar surface area (TPSA) is 52.6 Å². The molecule has 0 aromatic heterocycles. The second-order valence-corrected chi connectivity index (χ2v) is 5.97. The molecule has 124 valence electrons. The number of ketones is 1. The summed E-state index contributed by atoms with van der Waals surface area (Å²) in [5, 5.41) is 0. The van der Waals surface area contributed by atoms with Gasteiger partial charge in [-0.05, 0) is 48.9 Å². The minimum Gasteiger partial charge on any atom is -0.489 e. The lowest BCUT2D eigenvalue weighted by Crippen LogP contribution is -2.12. The van der Waals surface area contributed by atoms with Crippen molar-refractivity contribution in [2.24, 2.45) is 0 Å².